The van der Waals surface area contributed by atoms with E-state index in [-0.39, 0.29) is 5.41 Å². The van der Waals surface area contributed by atoms with E-state index in [2.05, 4.69) is 34.6 Å². The Bertz CT molecular complexity index is 377. The number of hydrogen-bond donors (Lipinski definition) is 1. The summed E-state index contributed by atoms with van der Waals surface area (Å²) in [6, 6.07) is 0. The molecular weight excluding hydrogens is 403 g/mol. The molecule has 1 rings (SSSR count). The van der Waals surface area contributed by atoms with E-state index in [9.17, 15) is 5.11 Å². The van der Waals surface area contributed by atoms with Crippen LogP contribution in [0.3, 0.4) is 0 Å². The van der Waals surface area contributed by atoms with Gasteiger partial charge in [-0.3, -0.25) is 0 Å². The van der Waals surface area contributed by atoms with Gasteiger partial charge in [0.25, 0.3) is 0 Å². The maximum atomic E-state index is 10.7. The standard InChI is InChI=1S/C9H16O2.3C4H9.Sn/c1-8(2)4-7(10)5-9(3,11)6-8;3*1-3-4-2;/h5,10-11H,4,6H2,1-3H3;3*1,3-4H2,2H3;/q;;;;+1/p-1. The molecule has 1 unspecified atom stereocenters. The first-order valence-electron chi connectivity index (χ1n) is 10.3. The van der Waals surface area contributed by atoms with Gasteiger partial charge in [-0.05, 0) is 0 Å². The van der Waals surface area contributed by atoms with Crippen LogP contribution in [-0.4, -0.2) is 29.5 Å². The quantitative estimate of drug-likeness (QED) is 0.355. The first-order valence-corrected chi connectivity index (χ1v) is 17.5. The number of hydrogen-bond acceptors (Lipinski definition) is 2. The molecule has 24 heavy (non-hydrogen) atoms. The number of aliphatic hydroxyl groups is 1. The Morgan fingerprint density at radius 3 is 1.79 bits per heavy atom. The van der Waals surface area contributed by atoms with Crippen molar-refractivity contribution in [1.29, 1.82) is 0 Å². The molecule has 0 aromatic rings. The molecule has 0 aromatic carbocycles. The van der Waals surface area contributed by atoms with Crippen LogP contribution in [0, 0.1) is 5.41 Å². The van der Waals surface area contributed by atoms with E-state index in [4.69, 9.17) is 3.07 Å². The SMILES string of the molecule is CCC[CH2][Sn]([CH2]CCC)([CH2]CCC)[O]C1=CC(C)(O)CC(C)(C)C1. The molecule has 0 heterocycles. The Hall–Kier alpha value is 0.299. The average Bonchev–Trinajstić information content (AvgIpc) is 2.45. The predicted molar refractivity (Wildman–Crippen MR) is 108 cm³/mol. The van der Waals surface area contributed by atoms with Gasteiger partial charge in [0.1, 0.15) is 0 Å². The second-order valence-electron chi connectivity index (χ2n) is 9.08. The van der Waals surface area contributed by atoms with E-state index < -0.39 is 24.4 Å². The van der Waals surface area contributed by atoms with Crippen molar-refractivity contribution in [1.82, 2.24) is 0 Å². The normalized spacial score (nSPS) is 23.9. The van der Waals surface area contributed by atoms with Crippen LogP contribution in [0.25, 0.3) is 0 Å². The van der Waals surface area contributed by atoms with Gasteiger partial charge in [-0.25, -0.2) is 0 Å². The van der Waals surface area contributed by atoms with E-state index in [1.54, 1.807) is 0 Å². The van der Waals surface area contributed by atoms with Crippen molar-refractivity contribution in [2.45, 2.75) is 112 Å². The van der Waals surface area contributed by atoms with Crippen molar-refractivity contribution in [2.75, 3.05) is 0 Å². The van der Waals surface area contributed by atoms with Crippen LogP contribution >= 0.6 is 0 Å². The zero-order valence-corrected chi connectivity index (χ0v) is 20.1. The average molecular weight is 445 g/mol. The third-order valence-corrected chi connectivity index (χ3v) is 18.1. The molecule has 1 aliphatic rings. The minimum atomic E-state index is -2.63. The number of unbranched alkanes of at least 4 members (excludes halogenated alkanes) is 3. The summed E-state index contributed by atoms with van der Waals surface area (Å²) in [6.07, 6.45) is 11.6. The first kappa shape index (κ1) is 22.3. The van der Waals surface area contributed by atoms with Gasteiger partial charge in [0.05, 0.1) is 0 Å². The predicted octanol–water partition coefficient (Wildman–Crippen LogP) is 6.80. The van der Waals surface area contributed by atoms with Crippen molar-refractivity contribution in [3.63, 3.8) is 0 Å². The van der Waals surface area contributed by atoms with Crippen molar-refractivity contribution in [3.05, 3.63) is 11.8 Å². The van der Waals surface area contributed by atoms with Gasteiger partial charge in [-0.15, -0.1) is 0 Å². The molecule has 142 valence electrons. The van der Waals surface area contributed by atoms with E-state index in [1.165, 1.54) is 51.8 Å². The molecule has 0 aromatic heterocycles. The fourth-order valence-electron chi connectivity index (χ4n) is 4.32. The molecule has 0 aliphatic heterocycles. The molecule has 1 atom stereocenters. The number of rotatable bonds is 11. The maximum absolute atomic E-state index is 10.7. The van der Waals surface area contributed by atoms with E-state index in [1.807, 2.05) is 13.0 Å². The Kier molecular flexibility index (Phi) is 9.17. The molecule has 0 amide bonds. The number of allylic oxidation sites excluding steroid dienone is 1. The monoisotopic (exact) mass is 446 g/mol. The van der Waals surface area contributed by atoms with Crippen LogP contribution in [0.4, 0.5) is 0 Å². The van der Waals surface area contributed by atoms with Crippen LogP contribution in [0.1, 0.15) is 92.9 Å². The molecule has 2 nitrogen and oxygen atoms in total. The Balaban J connectivity index is 3.01. The van der Waals surface area contributed by atoms with Gasteiger partial charge >= 0.3 is 156 Å². The molecule has 0 bridgehead atoms. The Morgan fingerprint density at radius 2 is 1.42 bits per heavy atom. The van der Waals surface area contributed by atoms with Gasteiger partial charge in [-0.2, -0.15) is 0 Å². The second-order valence-corrected chi connectivity index (χ2v) is 20.7. The summed E-state index contributed by atoms with van der Waals surface area (Å²) < 4.78 is 11.0. The van der Waals surface area contributed by atoms with Gasteiger partial charge < -0.3 is 0 Å². The van der Waals surface area contributed by atoms with E-state index in [0.717, 1.165) is 18.6 Å². The molecule has 0 radical (unpaired) electrons. The third-order valence-electron chi connectivity index (χ3n) is 5.27. The summed E-state index contributed by atoms with van der Waals surface area (Å²) in [4.78, 5) is 0. The first-order chi connectivity index (χ1) is 11.2. The fourth-order valence-corrected chi connectivity index (χ4v) is 17.8. The zero-order valence-electron chi connectivity index (χ0n) is 17.2. The van der Waals surface area contributed by atoms with Crippen molar-refractivity contribution < 1.29 is 8.18 Å². The Labute approximate surface area is 155 Å². The molecule has 0 fully saturated rings. The summed E-state index contributed by atoms with van der Waals surface area (Å²) in [5, 5.41) is 10.7. The van der Waals surface area contributed by atoms with E-state index in [0.29, 0.717) is 0 Å². The zero-order chi connectivity index (χ0) is 18.3. The summed E-state index contributed by atoms with van der Waals surface area (Å²) in [7, 11) is 0. The van der Waals surface area contributed by atoms with Crippen LogP contribution in [0.15, 0.2) is 11.8 Å². The Morgan fingerprint density at radius 1 is 0.958 bits per heavy atom. The minimum absolute atomic E-state index is 0.130. The van der Waals surface area contributed by atoms with E-state index >= 15 is 0 Å². The molecular formula is C21H42O2Sn. The van der Waals surface area contributed by atoms with Crippen LogP contribution in [0.5, 0.6) is 0 Å². The van der Waals surface area contributed by atoms with Gasteiger partial charge in [-0.1, -0.05) is 0 Å². The van der Waals surface area contributed by atoms with Crippen molar-refractivity contribution in [3.8, 4) is 0 Å². The molecule has 0 saturated carbocycles. The second kappa shape index (κ2) is 9.85. The molecule has 1 N–H and O–H groups in total. The summed E-state index contributed by atoms with van der Waals surface area (Å²) in [5.74, 6) is 1.12. The summed E-state index contributed by atoms with van der Waals surface area (Å²) in [5.41, 5.74) is -0.583. The van der Waals surface area contributed by atoms with Crippen LogP contribution < -0.4 is 0 Å². The van der Waals surface area contributed by atoms with Crippen LogP contribution in [0.2, 0.25) is 13.3 Å². The summed E-state index contributed by atoms with van der Waals surface area (Å²) >= 11 is -2.63. The van der Waals surface area contributed by atoms with Crippen LogP contribution in [-0.2, 0) is 3.07 Å². The third kappa shape index (κ3) is 7.68. The van der Waals surface area contributed by atoms with Gasteiger partial charge in [0.15, 0.2) is 0 Å². The molecule has 1 aliphatic carbocycles. The fraction of sp³-hybridized carbons (Fsp3) is 0.905. The molecule has 3 heteroatoms. The topological polar surface area (TPSA) is 29.5 Å². The molecule has 0 spiro atoms. The summed E-state index contributed by atoms with van der Waals surface area (Å²) in [6.45, 7) is 13.4. The molecule has 0 saturated heterocycles. The van der Waals surface area contributed by atoms with Crippen molar-refractivity contribution in [2.24, 2.45) is 5.41 Å². The van der Waals surface area contributed by atoms with Gasteiger partial charge in [0, 0.05) is 0 Å². The van der Waals surface area contributed by atoms with Crippen molar-refractivity contribution >= 4 is 18.8 Å². The van der Waals surface area contributed by atoms with Gasteiger partial charge in [0.2, 0.25) is 0 Å².